The van der Waals surface area contributed by atoms with Gasteiger partial charge in [-0.2, -0.15) is 0 Å². The third kappa shape index (κ3) is 1.36. The molecule has 0 aliphatic carbocycles. The third-order valence-corrected chi connectivity index (χ3v) is 3.24. The number of aliphatic hydroxyl groups is 1. The van der Waals surface area contributed by atoms with Crippen LogP contribution in [0.4, 0.5) is 0 Å². The minimum atomic E-state index is -0.219. The van der Waals surface area contributed by atoms with Crippen molar-refractivity contribution in [2.45, 2.75) is 0 Å². The lowest BCUT2D eigenvalue weighted by Crippen LogP contribution is -1.85. The molecule has 2 rings (SSSR count). The van der Waals surface area contributed by atoms with E-state index in [1.807, 2.05) is 34.4 Å². The van der Waals surface area contributed by atoms with E-state index in [1.165, 1.54) is 0 Å². The Hall–Kier alpha value is -0.860. The van der Waals surface area contributed by atoms with Crippen LogP contribution in [-0.2, 0) is 0 Å². The standard InChI is InChI=1S/C10H7IO/c12-10-7-11-6-5-8-3-1-2-4-9(8)10/h1-5,7,12H. The van der Waals surface area contributed by atoms with E-state index in [0.717, 1.165) is 11.1 Å². The van der Waals surface area contributed by atoms with Crippen LogP contribution in [0.2, 0.25) is 0 Å². The average Bonchev–Trinajstić information content (AvgIpc) is 2.29. The fourth-order valence-corrected chi connectivity index (χ4v) is 2.41. The van der Waals surface area contributed by atoms with Crippen LogP contribution in [0.15, 0.2) is 28.3 Å². The van der Waals surface area contributed by atoms with E-state index in [9.17, 15) is 5.11 Å². The van der Waals surface area contributed by atoms with Gasteiger partial charge in [0.15, 0.2) is 0 Å². The van der Waals surface area contributed by atoms with Crippen molar-refractivity contribution in [1.82, 2.24) is 0 Å². The summed E-state index contributed by atoms with van der Waals surface area (Å²) in [5.41, 5.74) is 1.98. The van der Waals surface area contributed by atoms with Crippen molar-refractivity contribution in [1.29, 1.82) is 0 Å². The largest absolute Gasteiger partial charge is 0.507 e. The fourth-order valence-electron chi connectivity index (χ4n) is 1.09. The first kappa shape index (κ1) is 7.77. The van der Waals surface area contributed by atoms with Crippen molar-refractivity contribution >= 4 is 36.2 Å². The van der Waals surface area contributed by atoms with Crippen LogP contribution in [0.3, 0.4) is 0 Å². The molecular weight excluding hydrogens is 263 g/mol. The van der Waals surface area contributed by atoms with Crippen molar-refractivity contribution < 1.29 is 5.11 Å². The van der Waals surface area contributed by atoms with Gasteiger partial charge < -0.3 is 5.11 Å². The SMILES string of the molecule is OC1=CI=C=Cc2ccccc21. The Bertz CT molecular complexity index is 398. The van der Waals surface area contributed by atoms with Gasteiger partial charge in [0.1, 0.15) is 5.76 Å². The van der Waals surface area contributed by atoms with E-state index in [1.54, 1.807) is 0 Å². The molecule has 0 saturated heterocycles. The zero-order valence-electron chi connectivity index (χ0n) is 6.29. The molecule has 0 spiro atoms. The summed E-state index contributed by atoms with van der Waals surface area (Å²) in [7, 11) is 0. The molecule has 60 valence electrons. The average molecular weight is 270 g/mol. The lowest BCUT2D eigenvalue weighted by molar-refractivity contribution is 0.513. The second kappa shape index (κ2) is 3.25. The van der Waals surface area contributed by atoms with Crippen molar-refractivity contribution in [3.63, 3.8) is 0 Å². The molecule has 1 aromatic rings. The highest BCUT2D eigenvalue weighted by Crippen LogP contribution is 2.22. The predicted molar refractivity (Wildman–Crippen MR) is 60.5 cm³/mol. The lowest BCUT2D eigenvalue weighted by Gasteiger charge is -2.01. The molecule has 1 heterocycles. The topological polar surface area (TPSA) is 20.2 Å². The highest BCUT2D eigenvalue weighted by atomic mass is 127. The number of benzene rings is 1. The van der Waals surface area contributed by atoms with Crippen LogP contribution < -0.4 is 0 Å². The second-order valence-corrected chi connectivity index (χ2v) is 4.31. The number of aliphatic hydroxyl groups excluding tert-OH is 1. The van der Waals surface area contributed by atoms with Gasteiger partial charge >= 0.3 is 0 Å². The zero-order valence-corrected chi connectivity index (χ0v) is 8.45. The number of hydrogen-bond acceptors (Lipinski definition) is 1. The normalized spacial score (nSPS) is 14.2. The molecule has 0 unspecified atom stereocenters. The van der Waals surface area contributed by atoms with E-state index in [-0.39, 0.29) is 20.7 Å². The first-order valence-electron chi connectivity index (χ1n) is 3.57. The minimum absolute atomic E-state index is 0.219. The monoisotopic (exact) mass is 270 g/mol. The Morgan fingerprint density at radius 1 is 1.25 bits per heavy atom. The number of fused-ring (bicyclic) bond motifs is 1. The van der Waals surface area contributed by atoms with Crippen molar-refractivity contribution in [2.75, 3.05) is 0 Å². The molecule has 0 bridgehead atoms. The molecule has 0 saturated carbocycles. The van der Waals surface area contributed by atoms with Gasteiger partial charge in [-0.15, -0.1) is 0 Å². The van der Waals surface area contributed by atoms with E-state index >= 15 is 0 Å². The third-order valence-electron chi connectivity index (χ3n) is 1.67. The Kier molecular flexibility index (Phi) is 2.11. The van der Waals surface area contributed by atoms with E-state index in [2.05, 4.69) is 3.67 Å². The van der Waals surface area contributed by atoms with Gasteiger partial charge in [-0.25, -0.2) is 0 Å². The molecular formula is C10H7IO. The summed E-state index contributed by atoms with van der Waals surface area (Å²) in [6.07, 6.45) is 1.96. The number of halogens is 1. The summed E-state index contributed by atoms with van der Waals surface area (Å²) >= 11 is -0.219. The van der Waals surface area contributed by atoms with Gasteiger partial charge in [0.2, 0.25) is 0 Å². The summed E-state index contributed by atoms with van der Waals surface area (Å²) in [4.78, 5) is 0. The van der Waals surface area contributed by atoms with Gasteiger partial charge in [-0.05, 0) is 32.4 Å². The molecule has 0 atom stereocenters. The van der Waals surface area contributed by atoms with Crippen LogP contribution >= 0.6 is 20.7 Å². The van der Waals surface area contributed by atoms with E-state index in [0.29, 0.717) is 5.76 Å². The molecule has 2 heteroatoms. The first-order valence-corrected chi connectivity index (χ1v) is 5.90. The van der Waals surface area contributed by atoms with Crippen molar-refractivity contribution in [2.24, 2.45) is 0 Å². The molecule has 1 aliphatic heterocycles. The summed E-state index contributed by atoms with van der Waals surface area (Å²) in [6.45, 7) is 0. The molecule has 0 aromatic heterocycles. The van der Waals surface area contributed by atoms with Crippen LogP contribution in [0.5, 0.6) is 0 Å². The first-order chi connectivity index (χ1) is 5.88. The molecule has 0 fully saturated rings. The maximum absolute atomic E-state index is 9.57. The smallest absolute Gasteiger partial charge is 0.129 e. The van der Waals surface area contributed by atoms with Gasteiger partial charge in [0.05, 0.1) is 0 Å². The van der Waals surface area contributed by atoms with Gasteiger partial charge in [0.25, 0.3) is 0 Å². The Balaban J connectivity index is 2.70. The summed E-state index contributed by atoms with van der Waals surface area (Å²) in [5, 5.41) is 9.57. The van der Waals surface area contributed by atoms with Crippen molar-refractivity contribution in [3.05, 3.63) is 39.5 Å². The zero-order chi connectivity index (χ0) is 8.39. The Morgan fingerprint density at radius 2 is 2.08 bits per heavy atom. The second-order valence-electron chi connectivity index (χ2n) is 2.44. The van der Waals surface area contributed by atoms with Crippen LogP contribution in [-0.4, -0.2) is 8.77 Å². The highest BCUT2D eigenvalue weighted by Gasteiger charge is 2.03. The predicted octanol–water partition coefficient (Wildman–Crippen LogP) is 2.94. The molecule has 12 heavy (non-hydrogen) atoms. The highest BCUT2D eigenvalue weighted by molar-refractivity contribution is 14.2. The Labute approximate surface area is 80.8 Å². The summed E-state index contributed by atoms with van der Waals surface area (Å²) < 4.78 is 5.06. The van der Waals surface area contributed by atoms with Crippen LogP contribution in [0.25, 0.3) is 11.8 Å². The minimum Gasteiger partial charge on any atom is -0.507 e. The van der Waals surface area contributed by atoms with Crippen LogP contribution in [0, 0.1) is 0 Å². The molecule has 1 N–H and O–H groups in total. The lowest BCUT2D eigenvalue weighted by atomic mass is 10.1. The molecule has 0 radical (unpaired) electrons. The maximum atomic E-state index is 9.57. The van der Waals surface area contributed by atoms with E-state index < -0.39 is 0 Å². The summed E-state index contributed by atoms with van der Waals surface area (Å²) in [5.74, 6) is 0.402. The van der Waals surface area contributed by atoms with Crippen molar-refractivity contribution in [3.8, 4) is 0 Å². The molecule has 1 aliphatic rings. The van der Waals surface area contributed by atoms with Crippen LogP contribution in [0.1, 0.15) is 11.1 Å². The quantitative estimate of drug-likeness (QED) is 0.718. The van der Waals surface area contributed by atoms with Gasteiger partial charge in [-0.1, -0.05) is 27.9 Å². The molecule has 1 nitrogen and oxygen atoms in total. The van der Waals surface area contributed by atoms with Gasteiger partial charge in [0, 0.05) is 9.65 Å². The molecule has 1 aromatic carbocycles. The van der Waals surface area contributed by atoms with E-state index in [4.69, 9.17) is 0 Å². The van der Waals surface area contributed by atoms with Gasteiger partial charge in [-0.3, -0.25) is 0 Å². The number of rotatable bonds is 0. The maximum Gasteiger partial charge on any atom is 0.129 e. The number of hydrogen-bond donors (Lipinski definition) is 1. The fraction of sp³-hybridized carbons (Fsp3) is 0. The molecule has 0 amide bonds. The Morgan fingerprint density at radius 3 is 3.00 bits per heavy atom. The summed E-state index contributed by atoms with van der Waals surface area (Å²) in [6, 6.07) is 7.81.